The summed E-state index contributed by atoms with van der Waals surface area (Å²) in [6.07, 6.45) is -0.0328. The lowest BCUT2D eigenvalue weighted by atomic mass is 9.98. The van der Waals surface area contributed by atoms with E-state index < -0.39 is 5.97 Å². The van der Waals surface area contributed by atoms with Crippen molar-refractivity contribution in [3.63, 3.8) is 0 Å². The summed E-state index contributed by atoms with van der Waals surface area (Å²) in [5.41, 5.74) is 7.74. The van der Waals surface area contributed by atoms with Crippen LogP contribution in [0.2, 0.25) is 0 Å². The van der Waals surface area contributed by atoms with Crippen LogP contribution < -0.4 is 10.5 Å². The van der Waals surface area contributed by atoms with Gasteiger partial charge >= 0.3 is 5.97 Å². The minimum Gasteiger partial charge on any atom is -0.484 e. The zero-order chi connectivity index (χ0) is 10.3. The number of hydrogen-bond acceptors (Lipinski definition) is 4. The van der Waals surface area contributed by atoms with E-state index in [-0.39, 0.29) is 6.10 Å². The molecule has 14 heavy (non-hydrogen) atoms. The van der Waals surface area contributed by atoms with Gasteiger partial charge in [0, 0.05) is 5.69 Å². The van der Waals surface area contributed by atoms with Crippen molar-refractivity contribution in [3.05, 3.63) is 23.3 Å². The lowest BCUT2D eigenvalue weighted by Gasteiger charge is -2.31. The standard InChI is InChI=1S/C10H11NO3/c1-5-8-7(11)4-3-6(9(8)14-5)10(12)13-2/h3-5H,11H2,1-2H3. The Morgan fingerprint density at radius 2 is 2.29 bits per heavy atom. The fourth-order valence-corrected chi connectivity index (χ4v) is 1.61. The van der Waals surface area contributed by atoms with E-state index in [1.165, 1.54) is 7.11 Å². The summed E-state index contributed by atoms with van der Waals surface area (Å²) in [7, 11) is 1.34. The van der Waals surface area contributed by atoms with E-state index in [0.29, 0.717) is 17.0 Å². The third kappa shape index (κ3) is 1.04. The van der Waals surface area contributed by atoms with Crippen LogP contribution in [0.4, 0.5) is 5.69 Å². The number of methoxy groups -OCH3 is 1. The number of nitrogen functional groups attached to an aromatic ring is 1. The SMILES string of the molecule is COC(=O)c1ccc(N)c2c1OC2C. The van der Waals surface area contributed by atoms with Crippen molar-refractivity contribution in [1.29, 1.82) is 0 Å². The molecule has 0 saturated heterocycles. The number of nitrogens with two attached hydrogens (primary N) is 1. The molecule has 0 spiro atoms. The van der Waals surface area contributed by atoms with Crippen molar-refractivity contribution < 1.29 is 14.3 Å². The molecule has 1 aliphatic heterocycles. The Hall–Kier alpha value is -1.71. The monoisotopic (exact) mass is 193 g/mol. The second-order valence-corrected chi connectivity index (χ2v) is 3.20. The van der Waals surface area contributed by atoms with Crippen LogP contribution in [0.3, 0.4) is 0 Å². The molecule has 0 aromatic heterocycles. The van der Waals surface area contributed by atoms with Crippen molar-refractivity contribution in [1.82, 2.24) is 0 Å². The number of hydrogen-bond donors (Lipinski definition) is 1. The molecule has 4 nitrogen and oxygen atoms in total. The molecular weight excluding hydrogens is 182 g/mol. The predicted octanol–water partition coefficient (Wildman–Crippen LogP) is 1.51. The molecule has 1 heterocycles. The van der Waals surface area contributed by atoms with Gasteiger partial charge < -0.3 is 15.2 Å². The predicted molar refractivity (Wildman–Crippen MR) is 51.2 cm³/mol. The minimum absolute atomic E-state index is 0.0328. The average molecular weight is 193 g/mol. The van der Waals surface area contributed by atoms with Crippen LogP contribution in [0.15, 0.2) is 12.1 Å². The number of esters is 1. The second kappa shape index (κ2) is 2.90. The number of carbonyl (C=O) groups excluding carboxylic acids is 1. The first-order valence-electron chi connectivity index (χ1n) is 4.32. The highest BCUT2D eigenvalue weighted by Crippen LogP contribution is 2.45. The Balaban J connectivity index is 2.51. The maximum Gasteiger partial charge on any atom is 0.341 e. The number of rotatable bonds is 1. The Labute approximate surface area is 81.6 Å². The van der Waals surface area contributed by atoms with Crippen LogP contribution in [0.1, 0.15) is 28.9 Å². The Morgan fingerprint density at radius 1 is 1.57 bits per heavy atom. The van der Waals surface area contributed by atoms with Gasteiger partial charge in [-0.2, -0.15) is 0 Å². The lowest BCUT2D eigenvalue weighted by Crippen LogP contribution is -2.21. The molecule has 1 aromatic carbocycles. The van der Waals surface area contributed by atoms with E-state index >= 15 is 0 Å². The normalized spacial score (nSPS) is 17.7. The summed E-state index contributed by atoms with van der Waals surface area (Å²) in [6, 6.07) is 3.32. The first-order chi connectivity index (χ1) is 6.65. The number of fused-ring (bicyclic) bond motifs is 1. The van der Waals surface area contributed by atoms with Gasteiger partial charge in [-0.3, -0.25) is 0 Å². The summed E-state index contributed by atoms with van der Waals surface area (Å²) >= 11 is 0. The number of benzene rings is 1. The number of ether oxygens (including phenoxy) is 2. The molecule has 1 aromatic rings. The zero-order valence-corrected chi connectivity index (χ0v) is 8.03. The van der Waals surface area contributed by atoms with E-state index in [9.17, 15) is 4.79 Å². The fraction of sp³-hybridized carbons (Fsp3) is 0.300. The minimum atomic E-state index is -0.395. The molecule has 0 fully saturated rings. The van der Waals surface area contributed by atoms with Gasteiger partial charge in [-0.05, 0) is 19.1 Å². The van der Waals surface area contributed by atoms with Gasteiger partial charge in [-0.15, -0.1) is 0 Å². The van der Waals surface area contributed by atoms with E-state index in [0.717, 1.165) is 5.56 Å². The van der Waals surface area contributed by atoms with Crippen LogP contribution in [-0.2, 0) is 4.74 Å². The summed E-state index contributed by atoms with van der Waals surface area (Å²) < 4.78 is 9.96. The van der Waals surface area contributed by atoms with Gasteiger partial charge in [0.25, 0.3) is 0 Å². The molecule has 4 heteroatoms. The molecule has 0 aliphatic carbocycles. The van der Waals surface area contributed by atoms with Crippen molar-refractivity contribution in [3.8, 4) is 5.75 Å². The van der Waals surface area contributed by atoms with Crippen molar-refractivity contribution in [2.24, 2.45) is 0 Å². The van der Waals surface area contributed by atoms with Crippen LogP contribution in [0.5, 0.6) is 5.75 Å². The van der Waals surface area contributed by atoms with Gasteiger partial charge in [0.05, 0.1) is 12.7 Å². The van der Waals surface area contributed by atoms with Crippen molar-refractivity contribution >= 4 is 11.7 Å². The third-order valence-electron chi connectivity index (χ3n) is 2.34. The Bertz CT molecular complexity index is 401. The Morgan fingerprint density at radius 3 is 2.86 bits per heavy atom. The first kappa shape index (κ1) is 8.87. The van der Waals surface area contributed by atoms with Crippen LogP contribution in [-0.4, -0.2) is 13.1 Å². The summed E-state index contributed by atoms with van der Waals surface area (Å²) in [4.78, 5) is 11.3. The largest absolute Gasteiger partial charge is 0.484 e. The molecule has 0 saturated carbocycles. The first-order valence-corrected chi connectivity index (χ1v) is 4.32. The molecule has 2 rings (SSSR count). The van der Waals surface area contributed by atoms with Gasteiger partial charge in [0.2, 0.25) is 0 Å². The smallest absolute Gasteiger partial charge is 0.341 e. The maximum atomic E-state index is 11.3. The van der Waals surface area contributed by atoms with Gasteiger partial charge in [-0.1, -0.05) is 0 Å². The Kier molecular flexibility index (Phi) is 1.84. The summed E-state index contributed by atoms with van der Waals surface area (Å²) in [5, 5.41) is 0. The lowest BCUT2D eigenvalue weighted by molar-refractivity contribution is 0.0585. The highest BCUT2D eigenvalue weighted by molar-refractivity contribution is 5.94. The van der Waals surface area contributed by atoms with E-state index in [1.807, 2.05) is 6.92 Å². The van der Waals surface area contributed by atoms with Crippen LogP contribution >= 0.6 is 0 Å². The summed E-state index contributed by atoms with van der Waals surface area (Å²) in [5.74, 6) is 0.164. The molecule has 1 unspecified atom stereocenters. The highest BCUT2D eigenvalue weighted by atomic mass is 16.5. The second-order valence-electron chi connectivity index (χ2n) is 3.20. The molecule has 74 valence electrons. The quantitative estimate of drug-likeness (QED) is 0.542. The van der Waals surface area contributed by atoms with E-state index in [4.69, 9.17) is 10.5 Å². The molecule has 0 radical (unpaired) electrons. The molecule has 1 aliphatic rings. The average Bonchev–Trinajstić information content (AvgIpc) is 2.15. The fourth-order valence-electron chi connectivity index (χ4n) is 1.61. The molecule has 2 N–H and O–H groups in total. The molecule has 0 bridgehead atoms. The maximum absolute atomic E-state index is 11.3. The van der Waals surface area contributed by atoms with Crippen molar-refractivity contribution in [2.75, 3.05) is 12.8 Å². The molecule has 1 atom stereocenters. The van der Waals surface area contributed by atoms with E-state index in [2.05, 4.69) is 4.74 Å². The number of carbonyl (C=O) groups is 1. The zero-order valence-electron chi connectivity index (χ0n) is 8.03. The summed E-state index contributed by atoms with van der Waals surface area (Å²) in [6.45, 7) is 1.89. The van der Waals surface area contributed by atoms with Gasteiger partial charge in [0.15, 0.2) is 0 Å². The van der Waals surface area contributed by atoms with Crippen LogP contribution in [0.25, 0.3) is 0 Å². The van der Waals surface area contributed by atoms with Crippen LogP contribution in [0, 0.1) is 0 Å². The van der Waals surface area contributed by atoms with Gasteiger partial charge in [0.1, 0.15) is 17.4 Å². The van der Waals surface area contributed by atoms with Gasteiger partial charge in [-0.25, -0.2) is 4.79 Å². The number of anilines is 1. The topological polar surface area (TPSA) is 61.5 Å². The highest BCUT2D eigenvalue weighted by Gasteiger charge is 2.32. The van der Waals surface area contributed by atoms with Crippen molar-refractivity contribution in [2.45, 2.75) is 13.0 Å². The third-order valence-corrected chi connectivity index (χ3v) is 2.34. The molecule has 0 amide bonds. The van der Waals surface area contributed by atoms with E-state index in [1.54, 1.807) is 12.1 Å². The molecular formula is C10H11NO3.